The van der Waals surface area contributed by atoms with Gasteiger partial charge in [0.15, 0.2) is 0 Å². The van der Waals surface area contributed by atoms with Gasteiger partial charge in [-0.05, 0) is 31.1 Å². The van der Waals surface area contributed by atoms with Gasteiger partial charge in [0.2, 0.25) is 35.4 Å². The summed E-state index contributed by atoms with van der Waals surface area (Å²) in [7, 11) is 0. The number of hydrogen-bond donors (Lipinski definition) is 9. The number of aliphatic hydroxyl groups is 1. The molecular weight excluding hydrogens is 610 g/mol. The molecule has 0 aromatic heterocycles. The summed E-state index contributed by atoms with van der Waals surface area (Å²) in [5, 5.41) is 37.6. The Balaban J connectivity index is 3.27. The summed E-state index contributed by atoms with van der Waals surface area (Å²) in [5.41, 5.74) is 10.8. The average Bonchev–Trinajstić information content (AvgIpc) is 3.48. The van der Waals surface area contributed by atoms with Crippen LogP contribution < -0.4 is 32.7 Å². The van der Waals surface area contributed by atoms with E-state index >= 15 is 0 Å². The first-order chi connectivity index (χ1) is 21.4. The van der Waals surface area contributed by atoms with Gasteiger partial charge in [-0.25, -0.2) is 4.79 Å². The van der Waals surface area contributed by atoms with Crippen molar-refractivity contribution < 1.29 is 53.7 Å². The first-order valence-corrected chi connectivity index (χ1v) is 15.1. The van der Waals surface area contributed by atoms with Crippen LogP contribution in [0.5, 0.6) is 0 Å². The first kappa shape index (κ1) is 39.7. The Morgan fingerprint density at radius 1 is 0.848 bits per heavy atom. The van der Waals surface area contributed by atoms with Crippen molar-refractivity contribution in [2.45, 2.75) is 102 Å². The predicted octanol–water partition coefficient (Wildman–Crippen LogP) is -3.24. The zero-order valence-electron chi connectivity index (χ0n) is 26.5. The topological polar surface area (TPSA) is 301 Å². The summed E-state index contributed by atoms with van der Waals surface area (Å²) in [5.74, 6) is -8.91. The van der Waals surface area contributed by atoms with Crippen molar-refractivity contribution in [3.63, 3.8) is 0 Å². The fraction of sp³-hybridized carbons (Fsp3) is 0.714. The van der Waals surface area contributed by atoms with Crippen molar-refractivity contribution in [1.82, 2.24) is 26.2 Å². The van der Waals surface area contributed by atoms with Gasteiger partial charge < -0.3 is 53.0 Å². The molecule has 1 aliphatic heterocycles. The quantitative estimate of drug-likeness (QED) is 0.0662. The molecule has 6 amide bonds. The number of carbonyl (C=O) groups is 8. The largest absolute Gasteiger partial charge is 0.481 e. The van der Waals surface area contributed by atoms with Gasteiger partial charge in [0.05, 0.1) is 13.0 Å². The monoisotopic (exact) mass is 657 g/mol. The summed E-state index contributed by atoms with van der Waals surface area (Å²) in [6, 6.07) is -8.06. The Kier molecular flexibility index (Phi) is 16.1. The maximum atomic E-state index is 13.5. The molecule has 18 heteroatoms. The average molecular weight is 658 g/mol. The maximum absolute atomic E-state index is 13.5. The molecule has 0 unspecified atom stereocenters. The van der Waals surface area contributed by atoms with Gasteiger partial charge in [-0.2, -0.15) is 0 Å². The van der Waals surface area contributed by atoms with E-state index in [1.54, 1.807) is 27.7 Å². The van der Waals surface area contributed by atoms with Gasteiger partial charge >= 0.3 is 11.9 Å². The number of carbonyl (C=O) groups excluding carboxylic acids is 6. The Hall–Kier alpha value is -4.32. The standard InChI is InChI=1S/C28H47N7O11/c1-5-14(4)22(34-25(42)21(13(2)3)33-23(40)15(29)12-36)26(43)31-16(8-9-20(38)39)24(41)32-17(11-19(30)37)27(44)35-10-6-7-18(35)28(45)46/h13-18,21-22,36H,5-12,29H2,1-4H3,(H2,30,37)(H,31,43)(H,32,41)(H,33,40)(H,34,42)(H,38,39)(H,45,46)/t14-,15-,16-,17-,18-,21-,22-/m0/s1. The summed E-state index contributed by atoms with van der Waals surface area (Å²) in [4.78, 5) is 101. The highest BCUT2D eigenvalue weighted by Gasteiger charge is 2.39. The van der Waals surface area contributed by atoms with Gasteiger partial charge in [-0.3, -0.25) is 33.6 Å². The van der Waals surface area contributed by atoms with Gasteiger partial charge in [-0.15, -0.1) is 0 Å². The number of aliphatic carboxylic acids is 2. The fourth-order valence-electron chi connectivity index (χ4n) is 4.78. The number of hydrogen-bond acceptors (Lipinski definition) is 10. The molecule has 0 saturated carbocycles. The van der Waals surface area contributed by atoms with Crippen molar-refractivity contribution >= 4 is 47.4 Å². The van der Waals surface area contributed by atoms with Crippen molar-refractivity contribution in [3.05, 3.63) is 0 Å². The second-order valence-corrected chi connectivity index (χ2v) is 11.6. The molecule has 1 heterocycles. The summed E-state index contributed by atoms with van der Waals surface area (Å²) < 4.78 is 0. The van der Waals surface area contributed by atoms with E-state index in [1.165, 1.54) is 0 Å². The van der Waals surface area contributed by atoms with E-state index in [4.69, 9.17) is 16.6 Å². The van der Waals surface area contributed by atoms with Crippen LogP contribution in [0.3, 0.4) is 0 Å². The van der Waals surface area contributed by atoms with Crippen LogP contribution in [0.2, 0.25) is 0 Å². The van der Waals surface area contributed by atoms with Crippen molar-refractivity contribution in [3.8, 4) is 0 Å². The predicted molar refractivity (Wildman–Crippen MR) is 160 cm³/mol. The van der Waals surface area contributed by atoms with E-state index in [0.29, 0.717) is 12.8 Å². The van der Waals surface area contributed by atoms with E-state index in [-0.39, 0.29) is 13.0 Å². The molecule has 0 aromatic carbocycles. The third-order valence-corrected chi connectivity index (χ3v) is 7.69. The molecule has 46 heavy (non-hydrogen) atoms. The molecule has 7 atom stereocenters. The second-order valence-electron chi connectivity index (χ2n) is 11.6. The zero-order valence-corrected chi connectivity index (χ0v) is 26.5. The lowest BCUT2D eigenvalue weighted by Crippen LogP contribution is -2.61. The number of likely N-dealkylation sites (tertiary alicyclic amines) is 1. The van der Waals surface area contributed by atoms with Crippen LogP contribution in [0.15, 0.2) is 0 Å². The van der Waals surface area contributed by atoms with Crippen LogP contribution in [-0.4, -0.2) is 117 Å². The van der Waals surface area contributed by atoms with E-state index in [1.807, 2.05) is 0 Å². The molecule has 0 aliphatic carbocycles. The second kappa shape index (κ2) is 18.6. The molecule has 260 valence electrons. The molecule has 1 rings (SSSR count). The van der Waals surface area contributed by atoms with Crippen molar-refractivity contribution in [1.29, 1.82) is 0 Å². The summed E-state index contributed by atoms with van der Waals surface area (Å²) >= 11 is 0. The van der Waals surface area contributed by atoms with Gasteiger partial charge in [0, 0.05) is 13.0 Å². The van der Waals surface area contributed by atoms with Crippen LogP contribution in [0.1, 0.15) is 66.2 Å². The Morgan fingerprint density at radius 3 is 1.91 bits per heavy atom. The Morgan fingerprint density at radius 2 is 1.41 bits per heavy atom. The SMILES string of the molecule is CC[C@H](C)[C@H](NC(=O)[C@@H](NC(=O)[C@@H](N)CO)C(C)C)C(=O)N[C@@H](CCC(=O)O)C(=O)N[C@@H](CC(N)=O)C(=O)N1CCC[C@H]1C(=O)O. The summed E-state index contributed by atoms with van der Waals surface area (Å²) in [6.45, 7) is 6.02. The minimum atomic E-state index is -1.60. The minimum Gasteiger partial charge on any atom is -0.481 e. The van der Waals surface area contributed by atoms with Gasteiger partial charge in [-0.1, -0.05) is 34.1 Å². The molecular formula is C28H47N7O11. The molecule has 1 fully saturated rings. The zero-order chi connectivity index (χ0) is 35.3. The van der Waals surface area contributed by atoms with Gasteiger partial charge in [0.1, 0.15) is 36.3 Å². The fourth-order valence-corrected chi connectivity index (χ4v) is 4.78. The molecule has 0 aromatic rings. The van der Waals surface area contributed by atoms with Crippen LogP contribution in [0, 0.1) is 11.8 Å². The lowest BCUT2D eigenvalue weighted by atomic mass is 9.95. The van der Waals surface area contributed by atoms with Crippen LogP contribution >= 0.6 is 0 Å². The number of amides is 6. The van der Waals surface area contributed by atoms with E-state index in [9.17, 15) is 48.6 Å². The molecule has 1 aliphatic rings. The molecule has 0 spiro atoms. The third kappa shape index (κ3) is 11.9. The van der Waals surface area contributed by atoms with Crippen molar-refractivity contribution in [2.75, 3.05) is 13.2 Å². The highest BCUT2D eigenvalue weighted by Crippen LogP contribution is 2.19. The number of primary amides is 1. The lowest BCUT2D eigenvalue weighted by Gasteiger charge is -2.30. The van der Waals surface area contributed by atoms with Crippen LogP contribution in [-0.2, 0) is 38.4 Å². The first-order valence-electron chi connectivity index (χ1n) is 15.1. The third-order valence-electron chi connectivity index (χ3n) is 7.69. The Labute approximate surface area is 266 Å². The molecule has 18 nitrogen and oxygen atoms in total. The highest BCUT2D eigenvalue weighted by atomic mass is 16.4. The molecule has 0 radical (unpaired) electrons. The Bertz CT molecular complexity index is 1150. The molecule has 0 bridgehead atoms. The number of carboxylic acids is 2. The number of nitrogens with zero attached hydrogens (tertiary/aromatic N) is 1. The van der Waals surface area contributed by atoms with Crippen LogP contribution in [0.25, 0.3) is 0 Å². The minimum absolute atomic E-state index is 0.0557. The number of nitrogens with one attached hydrogen (secondary N) is 4. The number of carboxylic acid groups (broad SMARTS) is 2. The van der Waals surface area contributed by atoms with E-state index in [2.05, 4.69) is 21.3 Å². The normalized spacial score (nSPS) is 18.3. The van der Waals surface area contributed by atoms with Crippen molar-refractivity contribution in [2.24, 2.45) is 23.3 Å². The smallest absolute Gasteiger partial charge is 0.326 e. The van der Waals surface area contributed by atoms with Gasteiger partial charge in [0.25, 0.3) is 0 Å². The summed E-state index contributed by atoms with van der Waals surface area (Å²) in [6.07, 6.45) is -0.831. The van der Waals surface area contributed by atoms with Crippen LogP contribution in [0.4, 0.5) is 0 Å². The van der Waals surface area contributed by atoms with E-state index < -0.39 is 121 Å². The number of rotatable bonds is 19. The molecule has 11 N–H and O–H groups in total. The number of nitrogens with two attached hydrogens (primary N) is 2. The van der Waals surface area contributed by atoms with E-state index in [0.717, 1.165) is 4.90 Å². The maximum Gasteiger partial charge on any atom is 0.326 e. The molecule has 1 saturated heterocycles. The number of aliphatic hydroxyl groups excluding tert-OH is 1. The lowest BCUT2D eigenvalue weighted by molar-refractivity contribution is -0.149. The highest BCUT2D eigenvalue weighted by molar-refractivity contribution is 5.97.